The van der Waals surface area contributed by atoms with Crippen molar-refractivity contribution in [2.75, 3.05) is 19.8 Å². The van der Waals surface area contributed by atoms with Gasteiger partial charge in [0.1, 0.15) is 11.6 Å². The van der Waals surface area contributed by atoms with Crippen LogP contribution in [0.25, 0.3) is 0 Å². The van der Waals surface area contributed by atoms with E-state index in [2.05, 4.69) is 6.92 Å². The molecule has 0 radical (unpaired) electrons. The molecule has 0 heterocycles. The van der Waals surface area contributed by atoms with E-state index in [0.717, 1.165) is 51.7 Å². The van der Waals surface area contributed by atoms with E-state index in [1.807, 2.05) is 48.5 Å². The van der Waals surface area contributed by atoms with Crippen molar-refractivity contribution in [3.8, 4) is 0 Å². The summed E-state index contributed by atoms with van der Waals surface area (Å²) in [4.78, 5) is 38.2. The second kappa shape index (κ2) is 18.1. The van der Waals surface area contributed by atoms with Crippen molar-refractivity contribution in [3.63, 3.8) is 0 Å². The van der Waals surface area contributed by atoms with Gasteiger partial charge in [0.25, 0.3) is 0 Å². The number of ketones is 2. The van der Waals surface area contributed by atoms with E-state index in [1.165, 1.54) is 19.3 Å². The third-order valence-corrected chi connectivity index (χ3v) is 7.86. The molecule has 0 amide bonds. The smallest absolute Gasteiger partial charge is 0.311 e. The third-order valence-electron chi connectivity index (χ3n) is 7.86. The quantitative estimate of drug-likeness (QED) is 0.102. The lowest BCUT2D eigenvalue weighted by Gasteiger charge is -2.34. The minimum atomic E-state index is -0.708. The van der Waals surface area contributed by atoms with Crippen LogP contribution >= 0.6 is 0 Å². The summed E-state index contributed by atoms with van der Waals surface area (Å²) in [6.45, 7) is 17.8. The Bertz CT molecular complexity index is 637. The van der Waals surface area contributed by atoms with Gasteiger partial charge in [0.05, 0.1) is 12.0 Å². The first-order valence-corrected chi connectivity index (χ1v) is 14.7. The van der Waals surface area contributed by atoms with Gasteiger partial charge in [0.15, 0.2) is 0 Å². The average molecular weight is 511 g/mol. The van der Waals surface area contributed by atoms with Gasteiger partial charge < -0.3 is 9.47 Å². The molecule has 0 aromatic heterocycles. The molecule has 1 unspecified atom stereocenters. The van der Waals surface area contributed by atoms with Crippen molar-refractivity contribution >= 4 is 17.5 Å². The highest BCUT2D eigenvalue weighted by Gasteiger charge is 2.41. The van der Waals surface area contributed by atoms with E-state index in [4.69, 9.17) is 9.47 Å². The molecular weight excluding hydrogens is 452 g/mol. The summed E-state index contributed by atoms with van der Waals surface area (Å²) < 4.78 is 11.3. The molecule has 0 aliphatic carbocycles. The molecule has 1 atom stereocenters. The highest BCUT2D eigenvalue weighted by molar-refractivity contribution is 5.86. The zero-order chi connectivity index (χ0) is 27.7. The fraction of sp³-hybridized carbons (Fsp3) is 0.903. The van der Waals surface area contributed by atoms with Gasteiger partial charge in [-0.2, -0.15) is 0 Å². The predicted octanol–water partition coefficient (Wildman–Crippen LogP) is 8.26. The molecule has 0 aliphatic rings. The summed E-state index contributed by atoms with van der Waals surface area (Å²) in [6, 6.07) is 0. The highest BCUT2D eigenvalue weighted by atomic mass is 16.5. The number of esters is 1. The molecule has 0 saturated carbocycles. The van der Waals surface area contributed by atoms with Crippen LogP contribution in [0.2, 0.25) is 0 Å². The molecule has 212 valence electrons. The molecule has 5 heteroatoms. The number of ether oxygens (including phenoxy) is 2. The van der Waals surface area contributed by atoms with Gasteiger partial charge in [-0.25, -0.2) is 0 Å². The van der Waals surface area contributed by atoms with Crippen molar-refractivity contribution in [1.82, 2.24) is 0 Å². The largest absolute Gasteiger partial charge is 0.465 e. The maximum absolute atomic E-state index is 13.0. The Morgan fingerprint density at radius 3 is 1.67 bits per heavy atom. The lowest BCUT2D eigenvalue weighted by Crippen LogP contribution is -2.38. The van der Waals surface area contributed by atoms with Crippen LogP contribution in [0.3, 0.4) is 0 Å². The van der Waals surface area contributed by atoms with Crippen LogP contribution in [0, 0.1) is 16.2 Å². The predicted molar refractivity (Wildman–Crippen MR) is 149 cm³/mol. The molecule has 0 N–H and O–H groups in total. The van der Waals surface area contributed by atoms with Crippen LogP contribution < -0.4 is 0 Å². The number of hydrogen-bond acceptors (Lipinski definition) is 5. The molecule has 0 aromatic rings. The molecule has 0 fully saturated rings. The number of rotatable bonds is 23. The highest BCUT2D eigenvalue weighted by Crippen LogP contribution is 2.39. The van der Waals surface area contributed by atoms with Crippen molar-refractivity contribution in [3.05, 3.63) is 0 Å². The second-order valence-electron chi connectivity index (χ2n) is 12.1. The van der Waals surface area contributed by atoms with E-state index in [0.29, 0.717) is 32.1 Å². The van der Waals surface area contributed by atoms with E-state index in [-0.39, 0.29) is 29.6 Å². The van der Waals surface area contributed by atoms with Gasteiger partial charge in [0.2, 0.25) is 0 Å². The van der Waals surface area contributed by atoms with Gasteiger partial charge in [-0.3, -0.25) is 14.4 Å². The molecule has 0 spiro atoms. The summed E-state index contributed by atoms with van der Waals surface area (Å²) in [5, 5.41) is 0. The minimum absolute atomic E-state index is 0.209. The normalized spacial score (nSPS) is 13.9. The monoisotopic (exact) mass is 510 g/mol. The number of carbonyl (C=O) groups is 3. The van der Waals surface area contributed by atoms with E-state index in [1.54, 1.807) is 0 Å². The zero-order valence-corrected chi connectivity index (χ0v) is 25.1. The summed E-state index contributed by atoms with van der Waals surface area (Å²) in [5.41, 5.74) is -1.61. The molecule has 0 aliphatic heterocycles. The Labute approximate surface area is 222 Å². The van der Waals surface area contributed by atoms with Gasteiger partial charge in [-0.15, -0.1) is 0 Å². The summed E-state index contributed by atoms with van der Waals surface area (Å²) in [7, 11) is 0. The third kappa shape index (κ3) is 13.9. The first-order valence-electron chi connectivity index (χ1n) is 14.7. The lowest BCUT2D eigenvalue weighted by atomic mass is 9.69. The van der Waals surface area contributed by atoms with Crippen LogP contribution in [0.5, 0.6) is 0 Å². The standard InChI is InChI=1S/C31H58O5/c1-9-12-13-17-22-35-23-18-15-14-16-20-27(33)30(6,7)25-31(8,11-3)28(34)36-24-19-21-26(32)29(4,5)10-2/h9-25H2,1-8H3. The molecule has 5 nitrogen and oxygen atoms in total. The fourth-order valence-electron chi connectivity index (χ4n) is 4.44. The number of Topliss-reactive ketones (excluding diaryl/α,β-unsaturated/α-hetero) is 2. The molecule has 0 rings (SSSR count). The average Bonchev–Trinajstić information content (AvgIpc) is 2.84. The maximum Gasteiger partial charge on any atom is 0.311 e. The first kappa shape index (κ1) is 34.8. The number of unbranched alkanes of at least 4 members (excludes halogenated alkanes) is 6. The van der Waals surface area contributed by atoms with Crippen LogP contribution in [-0.4, -0.2) is 37.4 Å². The Hall–Kier alpha value is -1.23. The fourth-order valence-corrected chi connectivity index (χ4v) is 4.44. The zero-order valence-electron chi connectivity index (χ0n) is 25.1. The van der Waals surface area contributed by atoms with Gasteiger partial charge >= 0.3 is 5.97 Å². The first-order chi connectivity index (χ1) is 16.9. The second-order valence-corrected chi connectivity index (χ2v) is 12.1. The topological polar surface area (TPSA) is 69.7 Å². The van der Waals surface area contributed by atoms with Crippen molar-refractivity contribution in [2.45, 2.75) is 145 Å². The van der Waals surface area contributed by atoms with E-state index >= 15 is 0 Å². The SMILES string of the molecule is CCCCCCOCCCCCCC(=O)C(C)(C)CC(C)(CC)C(=O)OCCCC(=O)C(C)(C)CC. The Morgan fingerprint density at radius 1 is 0.583 bits per heavy atom. The van der Waals surface area contributed by atoms with Crippen LogP contribution in [0.4, 0.5) is 0 Å². The van der Waals surface area contributed by atoms with Crippen molar-refractivity contribution < 1.29 is 23.9 Å². The molecule has 0 aromatic carbocycles. The molecule has 36 heavy (non-hydrogen) atoms. The summed E-state index contributed by atoms with van der Waals surface area (Å²) in [5.74, 6) is 0.165. The van der Waals surface area contributed by atoms with Gasteiger partial charge in [0, 0.05) is 36.9 Å². The van der Waals surface area contributed by atoms with E-state index < -0.39 is 10.8 Å². The van der Waals surface area contributed by atoms with Crippen molar-refractivity contribution in [2.24, 2.45) is 16.2 Å². The lowest BCUT2D eigenvalue weighted by molar-refractivity contribution is -0.158. The van der Waals surface area contributed by atoms with Crippen LogP contribution in [0.1, 0.15) is 145 Å². The van der Waals surface area contributed by atoms with Gasteiger partial charge in [-0.1, -0.05) is 80.6 Å². The molecule has 0 saturated heterocycles. The Balaban J connectivity index is 4.35. The number of hydrogen-bond donors (Lipinski definition) is 0. The minimum Gasteiger partial charge on any atom is -0.465 e. The van der Waals surface area contributed by atoms with Gasteiger partial charge in [-0.05, 0) is 51.9 Å². The number of carbonyl (C=O) groups excluding carboxylic acids is 3. The molecule has 0 bridgehead atoms. The van der Waals surface area contributed by atoms with Crippen LogP contribution in [-0.2, 0) is 23.9 Å². The summed E-state index contributed by atoms with van der Waals surface area (Å²) in [6.07, 6.45) is 12.4. The maximum atomic E-state index is 13.0. The van der Waals surface area contributed by atoms with Crippen molar-refractivity contribution in [1.29, 1.82) is 0 Å². The van der Waals surface area contributed by atoms with Crippen LogP contribution in [0.15, 0.2) is 0 Å². The Morgan fingerprint density at radius 2 is 1.11 bits per heavy atom. The Kier molecular flexibility index (Phi) is 17.5. The summed E-state index contributed by atoms with van der Waals surface area (Å²) >= 11 is 0. The molecular formula is C31H58O5. The van der Waals surface area contributed by atoms with E-state index in [9.17, 15) is 14.4 Å².